The van der Waals surface area contributed by atoms with E-state index in [9.17, 15) is 9.59 Å². The van der Waals surface area contributed by atoms with Crippen LogP contribution in [0.5, 0.6) is 5.75 Å². The number of nitrogens with one attached hydrogen (secondary N) is 2. The summed E-state index contributed by atoms with van der Waals surface area (Å²) in [6.45, 7) is -0.0456. The van der Waals surface area contributed by atoms with Gasteiger partial charge in [-0.3, -0.25) is 9.59 Å². The van der Waals surface area contributed by atoms with Crippen LogP contribution >= 0.6 is 0 Å². The fourth-order valence-electron chi connectivity index (χ4n) is 3.18. The minimum absolute atomic E-state index is 0.0456. The molecule has 1 atom stereocenters. The van der Waals surface area contributed by atoms with E-state index in [1.165, 1.54) is 0 Å². The maximum absolute atomic E-state index is 12.4. The predicted molar refractivity (Wildman–Crippen MR) is 103 cm³/mol. The number of anilines is 1. The zero-order valence-corrected chi connectivity index (χ0v) is 15.2. The number of benzene rings is 2. The Morgan fingerprint density at radius 3 is 2.48 bits per heavy atom. The summed E-state index contributed by atoms with van der Waals surface area (Å²) in [5.41, 5.74) is 1.84. The zero-order chi connectivity index (χ0) is 18.6. The van der Waals surface area contributed by atoms with Gasteiger partial charge in [-0.05, 0) is 49.3 Å². The molecule has 2 aliphatic carbocycles. The summed E-state index contributed by atoms with van der Waals surface area (Å²) in [6.07, 6.45) is 4.21. The van der Waals surface area contributed by atoms with Gasteiger partial charge in [-0.25, -0.2) is 0 Å². The van der Waals surface area contributed by atoms with Crippen molar-refractivity contribution in [2.24, 2.45) is 11.8 Å². The van der Waals surface area contributed by atoms with Gasteiger partial charge in [-0.15, -0.1) is 0 Å². The van der Waals surface area contributed by atoms with E-state index in [0.29, 0.717) is 17.4 Å². The Morgan fingerprint density at radius 1 is 1.00 bits per heavy atom. The molecule has 2 fully saturated rings. The molecule has 1 unspecified atom stereocenters. The van der Waals surface area contributed by atoms with E-state index in [4.69, 9.17) is 4.74 Å². The maximum Gasteiger partial charge on any atom is 0.258 e. The fourth-order valence-corrected chi connectivity index (χ4v) is 3.18. The average Bonchev–Trinajstić information content (AvgIpc) is 3.58. The maximum atomic E-state index is 12.4. The Labute approximate surface area is 159 Å². The van der Waals surface area contributed by atoms with Crippen molar-refractivity contribution in [3.05, 3.63) is 60.2 Å². The summed E-state index contributed by atoms with van der Waals surface area (Å²) in [6, 6.07) is 17.3. The number of ether oxygens (including phenoxy) is 1. The molecule has 2 aromatic carbocycles. The largest absolute Gasteiger partial charge is 0.484 e. The molecule has 0 aliphatic heterocycles. The number of carbonyl (C=O) groups is 2. The minimum atomic E-state index is -0.136. The zero-order valence-electron chi connectivity index (χ0n) is 15.2. The summed E-state index contributed by atoms with van der Waals surface area (Å²) in [5.74, 6) is 1.15. The van der Waals surface area contributed by atoms with Crippen LogP contribution in [-0.2, 0) is 9.59 Å². The lowest BCUT2D eigenvalue weighted by Crippen LogP contribution is -2.33. The topological polar surface area (TPSA) is 67.4 Å². The van der Waals surface area contributed by atoms with Gasteiger partial charge in [-0.2, -0.15) is 0 Å². The van der Waals surface area contributed by atoms with E-state index in [0.717, 1.165) is 31.2 Å². The third kappa shape index (κ3) is 4.88. The van der Waals surface area contributed by atoms with Crippen LogP contribution in [0, 0.1) is 11.8 Å². The predicted octanol–water partition coefficient (Wildman–Crippen LogP) is 3.68. The molecular weight excluding hydrogens is 340 g/mol. The van der Waals surface area contributed by atoms with E-state index in [1.807, 2.05) is 30.3 Å². The first-order chi connectivity index (χ1) is 13.2. The van der Waals surface area contributed by atoms with Gasteiger partial charge >= 0.3 is 0 Å². The molecule has 2 aromatic rings. The van der Waals surface area contributed by atoms with Crippen molar-refractivity contribution in [3.8, 4) is 5.75 Å². The second kappa shape index (κ2) is 7.82. The molecule has 4 rings (SSSR count). The molecule has 0 radical (unpaired) electrons. The van der Waals surface area contributed by atoms with E-state index < -0.39 is 0 Å². The van der Waals surface area contributed by atoms with Crippen molar-refractivity contribution in [2.75, 3.05) is 11.9 Å². The van der Waals surface area contributed by atoms with Crippen LogP contribution < -0.4 is 15.4 Å². The van der Waals surface area contributed by atoms with E-state index >= 15 is 0 Å². The van der Waals surface area contributed by atoms with Crippen LogP contribution in [0.25, 0.3) is 0 Å². The Bertz CT molecular complexity index is 813. The number of hydrogen-bond donors (Lipinski definition) is 2. The molecule has 2 N–H and O–H groups in total. The summed E-state index contributed by atoms with van der Waals surface area (Å²) in [5, 5.41) is 5.99. The second-order valence-electron chi connectivity index (χ2n) is 7.37. The van der Waals surface area contributed by atoms with Crippen molar-refractivity contribution in [1.82, 2.24) is 5.32 Å². The van der Waals surface area contributed by atoms with E-state index in [1.54, 1.807) is 12.1 Å². The van der Waals surface area contributed by atoms with Gasteiger partial charge in [0.25, 0.3) is 5.91 Å². The summed E-state index contributed by atoms with van der Waals surface area (Å²) in [4.78, 5) is 24.2. The molecule has 0 bridgehead atoms. The van der Waals surface area contributed by atoms with Crippen LogP contribution in [0.3, 0.4) is 0 Å². The summed E-state index contributed by atoms with van der Waals surface area (Å²) < 4.78 is 5.64. The molecule has 27 heavy (non-hydrogen) atoms. The molecule has 0 spiro atoms. The van der Waals surface area contributed by atoms with Gasteiger partial charge in [0.15, 0.2) is 6.61 Å². The number of amides is 2. The van der Waals surface area contributed by atoms with Crippen LogP contribution in [0.2, 0.25) is 0 Å². The first kappa shape index (κ1) is 17.6. The molecule has 5 heteroatoms. The Hall–Kier alpha value is -2.82. The lowest BCUT2D eigenvalue weighted by atomic mass is 10.0. The van der Waals surface area contributed by atoms with Gasteiger partial charge in [0.05, 0.1) is 6.04 Å². The average molecular weight is 364 g/mol. The number of carbonyl (C=O) groups excluding carboxylic acids is 2. The van der Waals surface area contributed by atoms with Gasteiger partial charge in [0, 0.05) is 17.7 Å². The first-order valence-corrected chi connectivity index (χ1v) is 9.57. The van der Waals surface area contributed by atoms with E-state index in [-0.39, 0.29) is 30.4 Å². The normalized spacial score (nSPS) is 17.0. The molecule has 140 valence electrons. The van der Waals surface area contributed by atoms with Gasteiger partial charge in [0.2, 0.25) is 5.91 Å². The fraction of sp³-hybridized carbons (Fsp3) is 0.364. The van der Waals surface area contributed by atoms with E-state index in [2.05, 4.69) is 22.8 Å². The molecule has 2 aliphatic rings. The molecule has 0 saturated heterocycles. The van der Waals surface area contributed by atoms with Crippen molar-refractivity contribution >= 4 is 17.5 Å². The quantitative estimate of drug-likeness (QED) is 0.751. The SMILES string of the molecule is O=C(COc1cccc(NC(=O)C2CC2)c1)NC(c1ccccc1)C1CC1. The highest BCUT2D eigenvalue weighted by Crippen LogP contribution is 2.40. The van der Waals surface area contributed by atoms with Crippen molar-refractivity contribution in [3.63, 3.8) is 0 Å². The Morgan fingerprint density at radius 2 is 1.78 bits per heavy atom. The highest BCUT2D eigenvalue weighted by Gasteiger charge is 2.33. The smallest absolute Gasteiger partial charge is 0.258 e. The van der Waals surface area contributed by atoms with Gasteiger partial charge in [0.1, 0.15) is 5.75 Å². The molecular formula is C22H24N2O3. The second-order valence-corrected chi connectivity index (χ2v) is 7.37. The Kier molecular flexibility index (Phi) is 5.10. The molecule has 0 heterocycles. The standard InChI is InChI=1S/C22H24N2O3/c25-20(24-21(16-9-10-16)15-5-2-1-3-6-15)14-27-19-8-4-7-18(13-19)23-22(26)17-11-12-17/h1-8,13,16-17,21H,9-12,14H2,(H,23,26)(H,24,25). The monoisotopic (exact) mass is 364 g/mol. The highest BCUT2D eigenvalue weighted by molar-refractivity contribution is 5.94. The first-order valence-electron chi connectivity index (χ1n) is 9.57. The van der Waals surface area contributed by atoms with Crippen LogP contribution in [0.15, 0.2) is 54.6 Å². The molecule has 2 amide bonds. The lowest BCUT2D eigenvalue weighted by molar-refractivity contribution is -0.124. The number of hydrogen-bond acceptors (Lipinski definition) is 3. The highest BCUT2D eigenvalue weighted by atomic mass is 16.5. The van der Waals surface area contributed by atoms with Crippen molar-refractivity contribution < 1.29 is 14.3 Å². The molecule has 5 nitrogen and oxygen atoms in total. The minimum Gasteiger partial charge on any atom is -0.484 e. The van der Waals surface area contributed by atoms with Crippen molar-refractivity contribution in [1.29, 1.82) is 0 Å². The summed E-state index contributed by atoms with van der Waals surface area (Å²) >= 11 is 0. The summed E-state index contributed by atoms with van der Waals surface area (Å²) in [7, 11) is 0. The van der Waals surface area contributed by atoms with Crippen LogP contribution in [0.1, 0.15) is 37.3 Å². The Balaban J connectivity index is 1.31. The third-order valence-electron chi connectivity index (χ3n) is 4.99. The lowest BCUT2D eigenvalue weighted by Gasteiger charge is -2.19. The molecule has 2 saturated carbocycles. The van der Waals surface area contributed by atoms with Gasteiger partial charge in [-0.1, -0.05) is 36.4 Å². The van der Waals surface area contributed by atoms with Crippen LogP contribution in [-0.4, -0.2) is 18.4 Å². The van der Waals surface area contributed by atoms with Crippen molar-refractivity contribution in [2.45, 2.75) is 31.7 Å². The number of rotatable bonds is 8. The molecule has 0 aromatic heterocycles. The third-order valence-corrected chi connectivity index (χ3v) is 4.99. The van der Waals surface area contributed by atoms with Crippen LogP contribution in [0.4, 0.5) is 5.69 Å². The van der Waals surface area contributed by atoms with Gasteiger partial charge < -0.3 is 15.4 Å².